The molecule has 0 atom stereocenters. The minimum absolute atomic E-state index is 0. The second-order valence-electron chi connectivity index (χ2n) is 5.62. The molecule has 2 aromatic carbocycles. The van der Waals surface area contributed by atoms with E-state index in [0.717, 1.165) is 28.1 Å². The van der Waals surface area contributed by atoms with E-state index < -0.39 is 5.97 Å². The van der Waals surface area contributed by atoms with Gasteiger partial charge in [0.1, 0.15) is 0 Å². The zero-order valence-corrected chi connectivity index (χ0v) is 16.7. The number of hydrogen-bond donors (Lipinski definition) is 1. The number of nitrogens with zero attached hydrogens (tertiary/aromatic N) is 2. The van der Waals surface area contributed by atoms with Gasteiger partial charge in [-0.1, -0.05) is 17.7 Å². The topological polar surface area (TPSA) is 55.1 Å². The molecule has 24 heavy (non-hydrogen) atoms. The third-order valence-electron chi connectivity index (χ3n) is 3.90. The number of aromatic nitrogens is 2. The SMILES string of the molecule is Cc1ccc(-n2nc(C(=O)O)c(C)c2-c2cc[c-]cc2)c(C)c1.[Y]. The zero-order valence-electron chi connectivity index (χ0n) is 13.9. The Hall–Kier alpha value is -1.78. The molecule has 0 aliphatic heterocycles. The Morgan fingerprint density at radius 3 is 2.38 bits per heavy atom. The molecule has 3 rings (SSSR count). The number of carboxylic acid groups (broad SMARTS) is 1. The fourth-order valence-electron chi connectivity index (χ4n) is 2.80. The molecule has 1 heterocycles. The fraction of sp³-hybridized carbons (Fsp3) is 0.158. The van der Waals surface area contributed by atoms with E-state index in [0.29, 0.717) is 5.56 Å². The molecule has 0 amide bonds. The maximum Gasteiger partial charge on any atom is 0.356 e. The van der Waals surface area contributed by atoms with Crippen molar-refractivity contribution in [3.8, 4) is 16.9 Å². The van der Waals surface area contributed by atoms with E-state index in [2.05, 4.69) is 17.2 Å². The van der Waals surface area contributed by atoms with Crippen LogP contribution in [-0.2, 0) is 32.7 Å². The fourth-order valence-corrected chi connectivity index (χ4v) is 2.80. The van der Waals surface area contributed by atoms with Gasteiger partial charge in [-0.2, -0.15) is 35.4 Å². The summed E-state index contributed by atoms with van der Waals surface area (Å²) in [5.41, 5.74) is 5.53. The van der Waals surface area contributed by atoms with Gasteiger partial charge in [0, 0.05) is 38.3 Å². The number of hydrogen-bond acceptors (Lipinski definition) is 2. The first kappa shape index (κ1) is 18.6. The summed E-state index contributed by atoms with van der Waals surface area (Å²) in [6.45, 7) is 5.83. The maximum absolute atomic E-state index is 11.5. The number of aryl methyl sites for hydroxylation is 2. The average Bonchev–Trinajstić information content (AvgIpc) is 2.85. The van der Waals surface area contributed by atoms with Gasteiger partial charge >= 0.3 is 5.97 Å². The number of rotatable bonds is 3. The molecule has 4 nitrogen and oxygen atoms in total. The number of carboxylic acids is 1. The van der Waals surface area contributed by atoms with Gasteiger partial charge in [0.25, 0.3) is 0 Å². The molecular formula is C19H17N2O2Y-. The van der Waals surface area contributed by atoms with Crippen molar-refractivity contribution >= 4 is 5.97 Å². The number of carbonyl (C=O) groups is 1. The Kier molecular flexibility index (Phi) is 5.73. The predicted molar refractivity (Wildman–Crippen MR) is 89.0 cm³/mol. The molecule has 119 valence electrons. The van der Waals surface area contributed by atoms with E-state index in [9.17, 15) is 9.90 Å². The maximum atomic E-state index is 11.5. The largest absolute Gasteiger partial charge is 0.476 e. The minimum Gasteiger partial charge on any atom is -0.476 e. The molecule has 1 aromatic heterocycles. The Bertz CT molecular complexity index is 886. The number of benzene rings is 2. The van der Waals surface area contributed by atoms with Crippen LogP contribution in [0.25, 0.3) is 16.9 Å². The van der Waals surface area contributed by atoms with Gasteiger partial charge in [-0.25, -0.2) is 9.48 Å². The third kappa shape index (κ3) is 3.35. The van der Waals surface area contributed by atoms with E-state index in [1.807, 2.05) is 50.2 Å². The molecule has 5 heteroatoms. The quantitative estimate of drug-likeness (QED) is 0.685. The van der Waals surface area contributed by atoms with Gasteiger partial charge in [-0.15, -0.1) is 5.56 Å². The first-order chi connectivity index (χ1) is 11.0. The van der Waals surface area contributed by atoms with E-state index in [1.54, 1.807) is 11.6 Å². The van der Waals surface area contributed by atoms with Crippen molar-refractivity contribution in [2.24, 2.45) is 0 Å². The van der Waals surface area contributed by atoms with Crippen molar-refractivity contribution < 1.29 is 42.6 Å². The molecule has 0 fully saturated rings. The molecule has 1 N–H and O–H groups in total. The summed E-state index contributed by atoms with van der Waals surface area (Å²) >= 11 is 0. The summed E-state index contributed by atoms with van der Waals surface area (Å²) in [5.74, 6) is -1.02. The van der Waals surface area contributed by atoms with Crippen molar-refractivity contribution in [2.45, 2.75) is 20.8 Å². The summed E-state index contributed by atoms with van der Waals surface area (Å²) in [4.78, 5) is 11.5. The van der Waals surface area contributed by atoms with E-state index in [-0.39, 0.29) is 38.4 Å². The Balaban J connectivity index is 0.00000208. The van der Waals surface area contributed by atoms with Gasteiger partial charge in [0.05, 0.1) is 11.4 Å². The first-order valence-corrected chi connectivity index (χ1v) is 7.36. The van der Waals surface area contributed by atoms with Crippen LogP contribution in [0.15, 0.2) is 42.5 Å². The van der Waals surface area contributed by atoms with Gasteiger partial charge < -0.3 is 5.11 Å². The Labute approximate surface area is 166 Å². The van der Waals surface area contributed by atoms with Gasteiger partial charge in [0.15, 0.2) is 5.69 Å². The van der Waals surface area contributed by atoms with Crippen molar-refractivity contribution in [3.05, 3.63) is 70.9 Å². The second-order valence-corrected chi connectivity index (χ2v) is 5.62. The molecule has 0 aliphatic carbocycles. The van der Waals surface area contributed by atoms with Gasteiger partial charge in [0.2, 0.25) is 0 Å². The second kappa shape index (κ2) is 7.41. The summed E-state index contributed by atoms with van der Waals surface area (Å²) < 4.78 is 1.73. The molecule has 0 saturated carbocycles. The van der Waals surface area contributed by atoms with E-state index in [4.69, 9.17) is 0 Å². The van der Waals surface area contributed by atoms with Crippen LogP contribution >= 0.6 is 0 Å². The van der Waals surface area contributed by atoms with Crippen LogP contribution in [0, 0.1) is 26.8 Å². The van der Waals surface area contributed by atoms with Crippen LogP contribution in [0.2, 0.25) is 0 Å². The van der Waals surface area contributed by atoms with Gasteiger partial charge in [-0.3, -0.25) is 0 Å². The molecule has 0 saturated heterocycles. The molecular weight excluding hydrogens is 377 g/mol. The Morgan fingerprint density at radius 2 is 1.79 bits per heavy atom. The van der Waals surface area contributed by atoms with E-state index >= 15 is 0 Å². The normalized spacial score (nSPS) is 10.3. The van der Waals surface area contributed by atoms with Gasteiger partial charge in [-0.05, 0) is 32.4 Å². The third-order valence-corrected chi connectivity index (χ3v) is 3.90. The summed E-state index contributed by atoms with van der Waals surface area (Å²) in [5, 5.41) is 13.8. The molecule has 0 spiro atoms. The van der Waals surface area contributed by atoms with Crippen molar-refractivity contribution in [1.29, 1.82) is 0 Å². The molecule has 0 bridgehead atoms. The van der Waals surface area contributed by atoms with Crippen molar-refractivity contribution in [1.82, 2.24) is 9.78 Å². The standard InChI is InChI=1S/C19H17N2O2.Y/c1-12-9-10-16(13(2)11-12)21-18(15-7-5-4-6-8-15)14(3)17(20-21)19(22)23;/h5-11H,1-3H3,(H,22,23);/q-1;. The van der Waals surface area contributed by atoms with Crippen LogP contribution in [0.3, 0.4) is 0 Å². The van der Waals surface area contributed by atoms with Crippen molar-refractivity contribution in [2.75, 3.05) is 0 Å². The van der Waals surface area contributed by atoms with Crippen LogP contribution < -0.4 is 0 Å². The predicted octanol–water partition coefficient (Wildman–Crippen LogP) is 3.96. The van der Waals surface area contributed by atoms with Crippen LogP contribution in [-0.4, -0.2) is 20.9 Å². The van der Waals surface area contributed by atoms with Crippen LogP contribution in [0.4, 0.5) is 0 Å². The average molecular weight is 394 g/mol. The molecule has 0 aliphatic rings. The van der Waals surface area contributed by atoms with Crippen LogP contribution in [0.5, 0.6) is 0 Å². The number of aromatic carboxylic acids is 1. The summed E-state index contributed by atoms with van der Waals surface area (Å²) in [6, 6.07) is 16.5. The van der Waals surface area contributed by atoms with Crippen molar-refractivity contribution in [3.63, 3.8) is 0 Å². The zero-order chi connectivity index (χ0) is 16.6. The molecule has 1 radical (unpaired) electrons. The smallest absolute Gasteiger partial charge is 0.356 e. The van der Waals surface area contributed by atoms with E-state index in [1.165, 1.54) is 0 Å². The summed E-state index contributed by atoms with van der Waals surface area (Å²) in [6.07, 6.45) is 0. The van der Waals surface area contributed by atoms with Crippen LogP contribution in [0.1, 0.15) is 27.2 Å². The molecule has 0 unspecified atom stereocenters. The first-order valence-electron chi connectivity index (χ1n) is 7.36. The minimum atomic E-state index is -1.02. The monoisotopic (exact) mass is 394 g/mol. The Morgan fingerprint density at radius 1 is 1.12 bits per heavy atom. The summed E-state index contributed by atoms with van der Waals surface area (Å²) in [7, 11) is 0. The molecule has 3 aromatic rings.